The van der Waals surface area contributed by atoms with Crippen LogP contribution in [-0.2, 0) is 0 Å². The molecule has 0 aliphatic carbocycles. The number of carbonyl (C=O) groups excluding carboxylic acids is 1. The van der Waals surface area contributed by atoms with Crippen LogP contribution in [0.3, 0.4) is 0 Å². The van der Waals surface area contributed by atoms with Crippen LogP contribution in [0, 0.1) is 13.8 Å². The summed E-state index contributed by atoms with van der Waals surface area (Å²) in [4.78, 5) is 11.9. The van der Waals surface area contributed by atoms with Crippen molar-refractivity contribution in [2.24, 2.45) is 5.73 Å². The maximum atomic E-state index is 11.9. The van der Waals surface area contributed by atoms with Gasteiger partial charge in [-0.05, 0) is 33.8 Å². The zero-order valence-electron chi connectivity index (χ0n) is 12.2. The van der Waals surface area contributed by atoms with Crippen LogP contribution < -0.4 is 5.73 Å². The molecule has 0 bridgehead atoms. The number of hydrogen-bond acceptors (Lipinski definition) is 1. The van der Waals surface area contributed by atoms with Gasteiger partial charge in [-0.15, -0.1) is 0 Å². The lowest BCUT2D eigenvalue weighted by atomic mass is 10.00. The molecule has 0 aliphatic rings. The summed E-state index contributed by atoms with van der Waals surface area (Å²) in [5.41, 5.74) is 9.74. The SMILES string of the molecule is Cc1c(C(N)=O)c(-c2ccccc2Cl)c(C)n1C(C)C. The third-order valence-electron chi connectivity index (χ3n) is 3.60. The third kappa shape index (κ3) is 2.22. The first-order valence-corrected chi connectivity index (χ1v) is 7.00. The molecule has 0 atom stereocenters. The van der Waals surface area contributed by atoms with Crippen LogP contribution in [0.2, 0.25) is 5.02 Å². The lowest BCUT2D eigenvalue weighted by Gasteiger charge is -2.14. The Balaban J connectivity index is 2.86. The Morgan fingerprint density at radius 2 is 1.80 bits per heavy atom. The normalized spacial score (nSPS) is 11.1. The van der Waals surface area contributed by atoms with Crippen molar-refractivity contribution in [3.63, 3.8) is 0 Å². The molecule has 0 radical (unpaired) electrons. The smallest absolute Gasteiger partial charge is 0.251 e. The summed E-state index contributed by atoms with van der Waals surface area (Å²) in [5, 5.41) is 0.624. The van der Waals surface area contributed by atoms with Gasteiger partial charge in [0.05, 0.1) is 5.56 Å². The fraction of sp³-hybridized carbons (Fsp3) is 0.312. The molecule has 0 saturated carbocycles. The molecular weight excluding hydrogens is 272 g/mol. The van der Waals surface area contributed by atoms with E-state index in [1.807, 2.05) is 38.1 Å². The standard InChI is InChI=1S/C16H19ClN2O/c1-9(2)19-10(3)14(15(11(19)4)16(18)20)12-7-5-6-8-13(12)17/h5-9H,1-4H3,(H2,18,20). The number of halogens is 1. The van der Waals surface area contributed by atoms with Gasteiger partial charge in [0, 0.05) is 33.6 Å². The molecule has 106 valence electrons. The first-order valence-electron chi connectivity index (χ1n) is 6.62. The highest BCUT2D eigenvalue weighted by Gasteiger charge is 2.24. The summed E-state index contributed by atoms with van der Waals surface area (Å²) in [6.07, 6.45) is 0. The van der Waals surface area contributed by atoms with Crippen LogP contribution in [0.1, 0.15) is 41.6 Å². The van der Waals surface area contributed by atoms with Crippen LogP contribution in [0.15, 0.2) is 24.3 Å². The Morgan fingerprint density at radius 1 is 1.20 bits per heavy atom. The van der Waals surface area contributed by atoms with Crippen molar-refractivity contribution in [2.45, 2.75) is 33.7 Å². The van der Waals surface area contributed by atoms with Crippen LogP contribution in [-0.4, -0.2) is 10.5 Å². The maximum Gasteiger partial charge on any atom is 0.251 e. The van der Waals surface area contributed by atoms with E-state index in [1.165, 1.54) is 0 Å². The monoisotopic (exact) mass is 290 g/mol. The van der Waals surface area contributed by atoms with E-state index in [4.69, 9.17) is 17.3 Å². The Morgan fingerprint density at radius 3 is 2.30 bits per heavy atom. The highest BCUT2D eigenvalue weighted by molar-refractivity contribution is 6.33. The number of aromatic nitrogens is 1. The molecule has 0 fully saturated rings. The molecule has 2 rings (SSSR count). The lowest BCUT2D eigenvalue weighted by Crippen LogP contribution is -2.14. The van der Waals surface area contributed by atoms with E-state index in [2.05, 4.69) is 18.4 Å². The average Bonchev–Trinajstić information content (AvgIpc) is 2.61. The Bertz CT molecular complexity index is 671. The number of hydrogen-bond donors (Lipinski definition) is 1. The van der Waals surface area contributed by atoms with E-state index >= 15 is 0 Å². The van der Waals surface area contributed by atoms with E-state index in [0.717, 1.165) is 22.5 Å². The van der Waals surface area contributed by atoms with E-state index in [-0.39, 0.29) is 6.04 Å². The van der Waals surface area contributed by atoms with Gasteiger partial charge in [-0.2, -0.15) is 0 Å². The first-order chi connectivity index (χ1) is 9.36. The topological polar surface area (TPSA) is 48.0 Å². The van der Waals surface area contributed by atoms with Crippen molar-refractivity contribution < 1.29 is 4.79 Å². The number of carbonyl (C=O) groups is 1. The highest BCUT2D eigenvalue weighted by Crippen LogP contribution is 2.37. The second kappa shape index (κ2) is 5.33. The van der Waals surface area contributed by atoms with Gasteiger partial charge in [-0.1, -0.05) is 29.8 Å². The van der Waals surface area contributed by atoms with Gasteiger partial charge in [0.25, 0.3) is 5.91 Å². The fourth-order valence-electron chi connectivity index (χ4n) is 2.92. The lowest BCUT2D eigenvalue weighted by molar-refractivity contribution is 0.1000. The predicted octanol–water partition coefficient (Wildman–Crippen LogP) is 4.11. The molecule has 1 aromatic carbocycles. The minimum atomic E-state index is -0.417. The molecule has 0 unspecified atom stereocenters. The van der Waals surface area contributed by atoms with Gasteiger partial charge in [0.1, 0.15) is 0 Å². The van der Waals surface area contributed by atoms with E-state index in [1.54, 1.807) is 0 Å². The van der Waals surface area contributed by atoms with Gasteiger partial charge in [0.15, 0.2) is 0 Å². The van der Waals surface area contributed by atoms with Gasteiger partial charge < -0.3 is 10.3 Å². The van der Waals surface area contributed by atoms with E-state index < -0.39 is 5.91 Å². The second-order valence-electron chi connectivity index (χ2n) is 5.23. The Kier molecular flexibility index (Phi) is 3.91. The first kappa shape index (κ1) is 14.7. The summed E-state index contributed by atoms with van der Waals surface area (Å²) in [5.74, 6) is -0.417. The molecule has 1 amide bonds. The third-order valence-corrected chi connectivity index (χ3v) is 3.93. The molecule has 0 spiro atoms. The highest BCUT2D eigenvalue weighted by atomic mass is 35.5. The van der Waals surface area contributed by atoms with Crippen molar-refractivity contribution in [3.8, 4) is 11.1 Å². The van der Waals surface area contributed by atoms with Gasteiger partial charge in [-0.25, -0.2) is 0 Å². The van der Waals surface area contributed by atoms with Crippen molar-refractivity contribution in [2.75, 3.05) is 0 Å². The fourth-order valence-corrected chi connectivity index (χ4v) is 3.15. The Hall–Kier alpha value is -1.74. The predicted molar refractivity (Wildman–Crippen MR) is 83.3 cm³/mol. The zero-order chi connectivity index (χ0) is 15.0. The van der Waals surface area contributed by atoms with Crippen molar-refractivity contribution in [1.82, 2.24) is 4.57 Å². The number of primary amides is 1. The number of nitrogens with two attached hydrogens (primary N) is 1. The van der Waals surface area contributed by atoms with E-state index in [0.29, 0.717) is 10.6 Å². The Labute approximate surface area is 124 Å². The second-order valence-corrected chi connectivity index (χ2v) is 5.64. The summed E-state index contributed by atoms with van der Waals surface area (Å²) in [6, 6.07) is 7.78. The van der Waals surface area contributed by atoms with Crippen molar-refractivity contribution in [1.29, 1.82) is 0 Å². The van der Waals surface area contributed by atoms with Crippen molar-refractivity contribution >= 4 is 17.5 Å². The van der Waals surface area contributed by atoms with Crippen molar-refractivity contribution in [3.05, 3.63) is 46.2 Å². The number of benzene rings is 1. The molecule has 2 N–H and O–H groups in total. The van der Waals surface area contributed by atoms with Gasteiger partial charge >= 0.3 is 0 Å². The van der Waals surface area contributed by atoms with Crippen LogP contribution in [0.5, 0.6) is 0 Å². The van der Waals surface area contributed by atoms with Gasteiger partial charge in [-0.3, -0.25) is 4.79 Å². The largest absolute Gasteiger partial charge is 0.366 e. The molecule has 20 heavy (non-hydrogen) atoms. The minimum absolute atomic E-state index is 0.254. The minimum Gasteiger partial charge on any atom is -0.366 e. The number of rotatable bonds is 3. The molecular formula is C16H19ClN2O. The number of amides is 1. The summed E-state index contributed by atoms with van der Waals surface area (Å²) in [7, 11) is 0. The van der Waals surface area contributed by atoms with Gasteiger partial charge in [0.2, 0.25) is 0 Å². The molecule has 2 aromatic rings. The molecule has 1 aromatic heterocycles. The van der Waals surface area contributed by atoms with Crippen LogP contribution in [0.25, 0.3) is 11.1 Å². The van der Waals surface area contributed by atoms with Crippen LogP contribution in [0.4, 0.5) is 0 Å². The molecule has 0 saturated heterocycles. The molecule has 3 nitrogen and oxygen atoms in total. The average molecular weight is 291 g/mol. The molecule has 4 heteroatoms. The quantitative estimate of drug-likeness (QED) is 0.909. The summed E-state index contributed by atoms with van der Waals surface area (Å²) in [6.45, 7) is 8.09. The summed E-state index contributed by atoms with van der Waals surface area (Å²) < 4.78 is 2.12. The molecule has 1 heterocycles. The number of nitrogens with zero attached hydrogens (tertiary/aromatic N) is 1. The molecule has 0 aliphatic heterocycles. The maximum absolute atomic E-state index is 11.9. The summed E-state index contributed by atoms with van der Waals surface area (Å²) >= 11 is 6.29. The zero-order valence-corrected chi connectivity index (χ0v) is 13.0. The van der Waals surface area contributed by atoms with Crippen LogP contribution >= 0.6 is 11.6 Å². The van der Waals surface area contributed by atoms with E-state index in [9.17, 15) is 4.79 Å².